The monoisotopic (exact) mass is 342 g/mol. The molecule has 0 aliphatic rings. The molecule has 2 aromatic rings. The molecule has 2 rings (SSSR count). The number of aliphatic hydroxyl groups is 1. The summed E-state index contributed by atoms with van der Waals surface area (Å²) in [5, 5.41) is 16.1. The van der Waals surface area contributed by atoms with Crippen LogP contribution in [0.25, 0.3) is 0 Å². The molecule has 0 saturated heterocycles. The number of thiophene rings is 1. The van der Waals surface area contributed by atoms with Crippen molar-refractivity contribution >= 4 is 33.2 Å². The van der Waals surface area contributed by atoms with E-state index in [1.54, 1.807) is 6.07 Å². The van der Waals surface area contributed by atoms with Crippen molar-refractivity contribution in [3.05, 3.63) is 55.0 Å². The van der Waals surface area contributed by atoms with E-state index in [2.05, 4.69) is 26.2 Å². The van der Waals surface area contributed by atoms with E-state index in [0.717, 1.165) is 5.56 Å². The van der Waals surface area contributed by atoms with Gasteiger partial charge in [-0.15, -0.1) is 0 Å². The fraction of sp³-hybridized carbons (Fsp3) is 0.167. The van der Waals surface area contributed by atoms with Crippen molar-refractivity contribution in [3.63, 3.8) is 0 Å². The van der Waals surface area contributed by atoms with E-state index in [0.29, 0.717) is 10.0 Å². The number of pyridine rings is 1. The van der Waals surface area contributed by atoms with Gasteiger partial charge in [0.1, 0.15) is 0 Å². The summed E-state index contributed by atoms with van der Waals surface area (Å²) in [5.74, 6) is -0.355. The number of rotatable bonds is 4. The Bertz CT molecular complexity index is 624. The number of hydrogen-bond acceptors (Lipinski definition) is 4. The lowest BCUT2D eigenvalue weighted by molar-refractivity contribution is 0.0916. The molecule has 0 radical (unpaired) electrons. The second-order valence-corrected chi connectivity index (χ2v) is 5.48. The zero-order chi connectivity index (χ0) is 13.8. The quantitative estimate of drug-likeness (QED) is 0.790. The van der Waals surface area contributed by atoms with Gasteiger partial charge in [0.15, 0.2) is 0 Å². The molecule has 5 nitrogen and oxygen atoms in total. The Balaban J connectivity index is 1.98. The number of aromatic nitrogens is 1. The van der Waals surface area contributed by atoms with Crippen LogP contribution in [0.5, 0.6) is 0 Å². The number of carbonyl (C=O) groups is 1. The van der Waals surface area contributed by atoms with Gasteiger partial charge >= 0.3 is 0 Å². The van der Waals surface area contributed by atoms with Crippen molar-refractivity contribution in [2.24, 2.45) is 0 Å². The highest BCUT2D eigenvalue weighted by Gasteiger charge is 2.12. The average molecular weight is 343 g/mol. The lowest BCUT2D eigenvalue weighted by atomic mass is 10.2. The second kappa shape index (κ2) is 6.14. The van der Waals surface area contributed by atoms with E-state index in [-0.39, 0.29) is 18.0 Å². The summed E-state index contributed by atoms with van der Waals surface area (Å²) in [6.45, 7) is 0.117. The molecule has 1 atom stereocenters. The molecule has 0 aromatic carbocycles. The molecule has 19 heavy (non-hydrogen) atoms. The van der Waals surface area contributed by atoms with Gasteiger partial charge in [-0.2, -0.15) is 11.3 Å². The predicted molar refractivity (Wildman–Crippen MR) is 76.4 cm³/mol. The van der Waals surface area contributed by atoms with Crippen LogP contribution in [0.1, 0.15) is 22.0 Å². The summed E-state index contributed by atoms with van der Waals surface area (Å²) < 4.78 is 0.290. The molecular formula is C12H11BrN2O3S. The van der Waals surface area contributed by atoms with Gasteiger partial charge in [0, 0.05) is 12.7 Å². The maximum Gasteiger partial charge on any atom is 0.262 e. The number of aromatic amines is 1. The summed E-state index contributed by atoms with van der Waals surface area (Å²) in [6, 6.07) is 3.24. The first kappa shape index (κ1) is 14.0. The zero-order valence-electron chi connectivity index (χ0n) is 9.72. The summed E-state index contributed by atoms with van der Waals surface area (Å²) in [6.07, 6.45) is 0.598. The van der Waals surface area contributed by atoms with Crippen LogP contribution in [-0.4, -0.2) is 22.5 Å². The van der Waals surface area contributed by atoms with Crippen LogP contribution in [0, 0.1) is 0 Å². The smallest absolute Gasteiger partial charge is 0.262 e. The molecule has 3 N–H and O–H groups in total. The third-order valence-corrected chi connectivity index (χ3v) is 3.79. The third kappa shape index (κ3) is 3.52. The van der Waals surface area contributed by atoms with E-state index < -0.39 is 6.10 Å². The van der Waals surface area contributed by atoms with Gasteiger partial charge in [-0.3, -0.25) is 9.59 Å². The first-order chi connectivity index (χ1) is 9.08. The average Bonchev–Trinajstić information content (AvgIpc) is 2.92. The van der Waals surface area contributed by atoms with Crippen molar-refractivity contribution < 1.29 is 9.90 Å². The Kier molecular flexibility index (Phi) is 4.52. The number of aliphatic hydroxyl groups excluding tert-OH is 1. The van der Waals surface area contributed by atoms with Crippen LogP contribution in [0.15, 0.2) is 38.4 Å². The molecule has 0 bridgehead atoms. The molecule has 0 aliphatic heterocycles. The minimum Gasteiger partial charge on any atom is -0.387 e. The molecule has 2 aromatic heterocycles. The Morgan fingerprint density at radius 2 is 2.37 bits per heavy atom. The molecule has 0 spiro atoms. The number of hydrogen-bond donors (Lipinski definition) is 3. The van der Waals surface area contributed by atoms with Gasteiger partial charge in [0.2, 0.25) is 0 Å². The van der Waals surface area contributed by atoms with Crippen LogP contribution in [0.2, 0.25) is 0 Å². The molecule has 1 amide bonds. The third-order valence-electron chi connectivity index (χ3n) is 2.50. The maximum atomic E-state index is 11.8. The van der Waals surface area contributed by atoms with E-state index in [1.807, 2.05) is 10.8 Å². The van der Waals surface area contributed by atoms with Crippen molar-refractivity contribution in [3.8, 4) is 0 Å². The molecule has 0 fully saturated rings. The summed E-state index contributed by atoms with van der Waals surface area (Å²) >= 11 is 4.54. The van der Waals surface area contributed by atoms with Crippen LogP contribution in [0.3, 0.4) is 0 Å². The first-order valence-corrected chi connectivity index (χ1v) is 7.18. The van der Waals surface area contributed by atoms with Gasteiger partial charge in [0.25, 0.3) is 11.5 Å². The van der Waals surface area contributed by atoms with Crippen molar-refractivity contribution in [1.82, 2.24) is 10.3 Å². The Labute approximate surface area is 121 Å². The molecule has 0 saturated carbocycles. The highest BCUT2D eigenvalue weighted by Crippen LogP contribution is 2.15. The molecule has 0 aliphatic carbocycles. The van der Waals surface area contributed by atoms with Gasteiger partial charge in [-0.1, -0.05) is 0 Å². The second-order valence-electron chi connectivity index (χ2n) is 3.85. The maximum absolute atomic E-state index is 11.8. The van der Waals surface area contributed by atoms with Gasteiger partial charge < -0.3 is 15.4 Å². The summed E-state index contributed by atoms with van der Waals surface area (Å²) in [4.78, 5) is 25.4. The summed E-state index contributed by atoms with van der Waals surface area (Å²) in [7, 11) is 0. The fourth-order valence-corrected chi connectivity index (χ4v) is 2.53. The van der Waals surface area contributed by atoms with E-state index >= 15 is 0 Å². The van der Waals surface area contributed by atoms with Crippen molar-refractivity contribution in [2.45, 2.75) is 6.10 Å². The minimum atomic E-state index is -0.735. The molecule has 1 unspecified atom stereocenters. The van der Waals surface area contributed by atoms with Crippen LogP contribution >= 0.6 is 27.3 Å². The molecule has 7 heteroatoms. The van der Waals surface area contributed by atoms with Crippen molar-refractivity contribution in [2.75, 3.05) is 6.54 Å². The molecule has 2 heterocycles. The van der Waals surface area contributed by atoms with Gasteiger partial charge in [-0.25, -0.2) is 0 Å². The first-order valence-electron chi connectivity index (χ1n) is 5.44. The number of amides is 1. The fourth-order valence-electron chi connectivity index (χ4n) is 1.46. The van der Waals surface area contributed by atoms with Crippen LogP contribution < -0.4 is 10.9 Å². The van der Waals surface area contributed by atoms with Crippen LogP contribution in [0.4, 0.5) is 0 Å². The molecular weight excluding hydrogens is 332 g/mol. The number of nitrogens with one attached hydrogen (secondary N) is 2. The SMILES string of the molecule is O=C(NCC(O)c1ccsc1)c1c[nH]c(=O)c(Br)c1. The predicted octanol–water partition coefficient (Wildman–Crippen LogP) is 1.66. The van der Waals surface area contributed by atoms with E-state index in [9.17, 15) is 14.7 Å². The highest BCUT2D eigenvalue weighted by atomic mass is 79.9. The van der Waals surface area contributed by atoms with Gasteiger partial charge in [-0.05, 0) is 44.4 Å². The topological polar surface area (TPSA) is 82.2 Å². The zero-order valence-corrected chi connectivity index (χ0v) is 12.1. The van der Waals surface area contributed by atoms with E-state index in [1.165, 1.54) is 23.6 Å². The Morgan fingerprint density at radius 3 is 3.00 bits per heavy atom. The minimum absolute atomic E-state index is 0.117. The number of H-pyrrole nitrogens is 1. The Hall–Kier alpha value is -1.44. The molecule has 100 valence electrons. The summed E-state index contributed by atoms with van der Waals surface area (Å²) in [5.41, 5.74) is 0.798. The van der Waals surface area contributed by atoms with Crippen molar-refractivity contribution in [1.29, 1.82) is 0 Å². The van der Waals surface area contributed by atoms with Crippen LogP contribution in [-0.2, 0) is 0 Å². The standard InChI is InChI=1S/C12H11BrN2O3S/c13-9-3-8(4-14-12(9)18)11(17)15-5-10(16)7-1-2-19-6-7/h1-4,6,10,16H,5H2,(H,14,18)(H,15,17). The largest absolute Gasteiger partial charge is 0.387 e. The number of carbonyl (C=O) groups excluding carboxylic acids is 1. The van der Waals surface area contributed by atoms with Gasteiger partial charge in [0.05, 0.1) is 16.1 Å². The lowest BCUT2D eigenvalue weighted by Crippen LogP contribution is -2.28. The number of halogens is 1. The lowest BCUT2D eigenvalue weighted by Gasteiger charge is -2.10. The van der Waals surface area contributed by atoms with E-state index in [4.69, 9.17) is 0 Å². The highest BCUT2D eigenvalue weighted by molar-refractivity contribution is 9.10. The Morgan fingerprint density at radius 1 is 1.58 bits per heavy atom. The normalized spacial score (nSPS) is 12.1.